The standard InChI is InChI=1S/C21H31F2N5O2.HI/c1-5-24-21(25-10-7-11-28-16(4)12-15(3)27-28)26-14-17-8-9-18(30-20(22)23)19(13-17)29-6-2;/h8-9,12-13,20H,5-7,10-11,14H2,1-4H3,(H2,24,25,26);1H. The van der Waals surface area contributed by atoms with Crippen LogP contribution in [0.5, 0.6) is 11.5 Å². The Morgan fingerprint density at radius 2 is 1.94 bits per heavy atom. The number of aliphatic imine (C=N–C) groups is 1. The molecule has 10 heteroatoms. The van der Waals surface area contributed by atoms with Crippen LogP contribution in [-0.2, 0) is 13.1 Å². The summed E-state index contributed by atoms with van der Waals surface area (Å²) >= 11 is 0. The van der Waals surface area contributed by atoms with E-state index in [4.69, 9.17) is 4.74 Å². The summed E-state index contributed by atoms with van der Waals surface area (Å²) in [6, 6.07) is 6.93. The van der Waals surface area contributed by atoms with E-state index in [0.717, 1.165) is 43.0 Å². The SMILES string of the molecule is CCNC(=NCc1ccc(OC(F)F)c(OCC)c1)NCCCn1nc(C)cc1C.I. The Labute approximate surface area is 199 Å². The summed E-state index contributed by atoms with van der Waals surface area (Å²) in [6.45, 7) is 7.96. The molecule has 0 spiro atoms. The second kappa shape index (κ2) is 14.0. The minimum atomic E-state index is -2.90. The van der Waals surface area contributed by atoms with Crippen molar-refractivity contribution in [2.45, 2.75) is 53.8 Å². The molecule has 1 heterocycles. The molecule has 31 heavy (non-hydrogen) atoms. The summed E-state index contributed by atoms with van der Waals surface area (Å²) in [7, 11) is 0. The number of rotatable bonds is 11. The van der Waals surface area contributed by atoms with E-state index in [1.54, 1.807) is 19.1 Å². The van der Waals surface area contributed by atoms with Gasteiger partial charge in [0.2, 0.25) is 0 Å². The molecule has 1 aromatic heterocycles. The molecule has 2 N–H and O–H groups in total. The lowest BCUT2D eigenvalue weighted by atomic mass is 10.2. The van der Waals surface area contributed by atoms with Crippen LogP contribution in [0.3, 0.4) is 0 Å². The Bertz CT molecular complexity index is 830. The van der Waals surface area contributed by atoms with Gasteiger partial charge < -0.3 is 20.1 Å². The third kappa shape index (κ3) is 9.28. The number of nitrogens with zero attached hydrogens (tertiary/aromatic N) is 3. The molecule has 0 radical (unpaired) electrons. The maximum absolute atomic E-state index is 12.5. The minimum Gasteiger partial charge on any atom is -0.490 e. The zero-order chi connectivity index (χ0) is 21.9. The molecule has 0 saturated carbocycles. The monoisotopic (exact) mass is 551 g/mol. The van der Waals surface area contributed by atoms with Gasteiger partial charge in [0.15, 0.2) is 17.5 Å². The Balaban J connectivity index is 0.00000480. The first-order valence-corrected chi connectivity index (χ1v) is 10.2. The highest BCUT2D eigenvalue weighted by Gasteiger charge is 2.11. The highest BCUT2D eigenvalue weighted by Crippen LogP contribution is 2.30. The fourth-order valence-electron chi connectivity index (χ4n) is 2.96. The van der Waals surface area contributed by atoms with Crippen LogP contribution in [0, 0.1) is 13.8 Å². The van der Waals surface area contributed by atoms with Gasteiger partial charge in [-0.05, 0) is 57.9 Å². The van der Waals surface area contributed by atoms with Crippen LogP contribution in [0.4, 0.5) is 8.78 Å². The predicted molar refractivity (Wildman–Crippen MR) is 129 cm³/mol. The van der Waals surface area contributed by atoms with Crippen LogP contribution in [-0.4, -0.2) is 42.0 Å². The van der Waals surface area contributed by atoms with Crippen LogP contribution >= 0.6 is 24.0 Å². The highest BCUT2D eigenvalue weighted by molar-refractivity contribution is 14.0. The van der Waals surface area contributed by atoms with Crippen molar-refractivity contribution in [2.24, 2.45) is 4.99 Å². The molecule has 0 amide bonds. The van der Waals surface area contributed by atoms with Gasteiger partial charge in [-0.2, -0.15) is 13.9 Å². The summed E-state index contributed by atoms with van der Waals surface area (Å²) in [5, 5.41) is 11.0. The molecule has 0 aliphatic rings. The number of alkyl halides is 2. The van der Waals surface area contributed by atoms with Gasteiger partial charge in [0.05, 0.1) is 18.8 Å². The molecule has 1 aromatic carbocycles. The molecule has 174 valence electrons. The first-order chi connectivity index (χ1) is 14.4. The molecule has 0 unspecified atom stereocenters. The van der Waals surface area contributed by atoms with E-state index in [0.29, 0.717) is 19.1 Å². The molecule has 7 nitrogen and oxygen atoms in total. The summed E-state index contributed by atoms with van der Waals surface area (Å²) in [5.41, 5.74) is 3.00. The Hall–Kier alpha value is -2.11. The third-order valence-corrected chi connectivity index (χ3v) is 4.23. The molecule has 0 atom stereocenters. The van der Waals surface area contributed by atoms with E-state index in [-0.39, 0.29) is 35.5 Å². The van der Waals surface area contributed by atoms with Crippen molar-refractivity contribution in [3.8, 4) is 11.5 Å². The molecule has 0 aliphatic carbocycles. The van der Waals surface area contributed by atoms with Crippen LogP contribution < -0.4 is 20.1 Å². The number of halogens is 3. The third-order valence-electron chi connectivity index (χ3n) is 4.23. The van der Waals surface area contributed by atoms with Crippen molar-refractivity contribution in [3.05, 3.63) is 41.2 Å². The molecule has 0 aliphatic heterocycles. The minimum absolute atomic E-state index is 0. The topological polar surface area (TPSA) is 72.7 Å². The molecular formula is C21H32F2IN5O2. The number of hydrogen-bond donors (Lipinski definition) is 2. The highest BCUT2D eigenvalue weighted by atomic mass is 127. The van der Waals surface area contributed by atoms with E-state index in [2.05, 4.69) is 31.5 Å². The second-order valence-electron chi connectivity index (χ2n) is 6.72. The summed E-state index contributed by atoms with van der Waals surface area (Å²) < 4.78 is 37.0. The number of ether oxygens (including phenoxy) is 2. The number of nitrogens with one attached hydrogen (secondary N) is 2. The second-order valence-corrected chi connectivity index (χ2v) is 6.72. The lowest BCUT2D eigenvalue weighted by Gasteiger charge is -2.13. The van der Waals surface area contributed by atoms with Gasteiger partial charge in [-0.3, -0.25) is 4.68 Å². The van der Waals surface area contributed by atoms with Gasteiger partial charge in [-0.1, -0.05) is 6.07 Å². The molecular weight excluding hydrogens is 519 g/mol. The van der Waals surface area contributed by atoms with E-state index in [1.165, 1.54) is 6.07 Å². The van der Waals surface area contributed by atoms with Crippen LogP contribution in [0.2, 0.25) is 0 Å². The van der Waals surface area contributed by atoms with Crippen LogP contribution in [0.1, 0.15) is 37.2 Å². The summed E-state index contributed by atoms with van der Waals surface area (Å²) in [6.07, 6.45) is 0.903. The predicted octanol–water partition coefficient (Wildman–Crippen LogP) is 4.26. The van der Waals surface area contributed by atoms with Gasteiger partial charge in [0.1, 0.15) is 0 Å². The average molecular weight is 551 g/mol. The van der Waals surface area contributed by atoms with Crippen molar-refractivity contribution in [1.82, 2.24) is 20.4 Å². The first kappa shape index (κ1) is 26.9. The van der Waals surface area contributed by atoms with Gasteiger partial charge >= 0.3 is 6.61 Å². The quantitative estimate of drug-likeness (QED) is 0.189. The number of guanidine groups is 1. The van der Waals surface area contributed by atoms with Crippen molar-refractivity contribution in [3.63, 3.8) is 0 Å². The maximum atomic E-state index is 12.5. The molecule has 0 bridgehead atoms. The molecule has 0 fully saturated rings. The summed E-state index contributed by atoms with van der Waals surface area (Å²) in [5.74, 6) is 0.999. The number of aromatic nitrogens is 2. The molecule has 2 rings (SSSR count). The largest absolute Gasteiger partial charge is 0.490 e. The normalized spacial score (nSPS) is 11.3. The van der Waals surface area contributed by atoms with Crippen molar-refractivity contribution < 1.29 is 18.3 Å². The number of hydrogen-bond acceptors (Lipinski definition) is 4. The fourth-order valence-corrected chi connectivity index (χ4v) is 2.96. The van der Waals surface area contributed by atoms with E-state index < -0.39 is 6.61 Å². The van der Waals surface area contributed by atoms with Crippen LogP contribution in [0.25, 0.3) is 0 Å². The van der Waals surface area contributed by atoms with E-state index in [9.17, 15) is 8.78 Å². The Morgan fingerprint density at radius 3 is 2.55 bits per heavy atom. The maximum Gasteiger partial charge on any atom is 0.387 e. The molecule has 2 aromatic rings. The van der Waals surface area contributed by atoms with Crippen molar-refractivity contribution >= 4 is 29.9 Å². The smallest absolute Gasteiger partial charge is 0.387 e. The number of benzene rings is 1. The fraction of sp³-hybridized carbons (Fsp3) is 0.524. The van der Waals surface area contributed by atoms with Gasteiger partial charge in [0.25, 0.3) is 0 Å². The zero-order valence-electron chi connectivity index (χ0n) is 18.5. The van der Waals surface area contributed by atoms with Crippen molar-refractivity contribution in [2.75, 3.05) is 19.7 Å². The Morgan fingerprint density at radius 1 is 1.16 bits per heavy atom. The van der Waals surface area contributed by atoms with E-state index in [1.807, 2.05) is 25.5 Å². The number of aryl methyl sites for hydroxylation is 3. The van der Waals surface area contributed by atoms with Gasteiger partial charge in [-0.25, -0.2) is 4.99 Å². The lowest BCUT2D eigenvalue weighted by Crippen LogP contribution is -2.38. The van der Waals surface area contributed by atoms with Gasteiger partial charge in [0, 0.05) is 25.3 Å². The first-order valence-electron chi connectivity index (χ1n) is 10.2. The lowest BCUT2D eigenvalue weighted by molar-refractivity contribution is -0.0514. The molecule has 0 saturated heterocycles. The zero-order valence-corrected chi connectivity index (χ0v) is 20.8. The Kier molecular flexibility index (Phi) is 12.2. The van der Waals surface area contributed by atoms with Crippen LogP contribution in [0.15, 0.2) is 29.3 Å². The van der Waals surface area contributed by atoms with Gasteiger partial charge in [-0.15, -0.1) is 24.0 Å². The summed E-state index contributed by atoms with van der Waals surface area (Å²) in [4.78, 5) is 4.57. The van der Waals surface area contributed by atoms with E-state index >= 15 is 0 Å². The van der Waals surface area contributed by atoms with Crippen molar-refractivity contribution in [1.29, 1.82) is 0 Å². The average Bonchev–Trinajstić information content (AvgIpc) is 3.01.